The van der Waals surface area contributed by atoms with Gasteiger partial charge >= 0.3 is 0 Å². The molecular formula is C16H11N3. The molecule has 2 aromatic carbocycles. The van der Waals surface area contributed by atoms with Crippen LogP contribution in [-0.4, -0.2) is 4.98 Å². The lowest BCUT2D eigenvalue weighted by Crippen LogP contribution is -1.95. The van der Waals surface area contributed by atoms with Gasteiger partial charge in [0.25, 0.3) is 0 Å². The summed E-state index contributed by atoms with van der Waals surface area (Å²) in [6.45, 7) is 0. The Morgan fingerprint density at radius 3 is 2.68 bits per heavy atom. The first kappa shape index (κ1) is 11.2. The van der Waals surface area contributed by atoms with Crippen LogP contribution >= 0.6 is 0 Å². The zero-order chi connectivity index (χ0) is 13.2. The first-order chi connectivity index (χ1) is 9.29. The number of rotatable bonds is 1. The van der Waals surface area contributed by atoms with E-state index in [9.17, 15) is 0 Å². The average molecular weight is 245 g/mol. The van der Waals surface area contributed by atoms with Crippen LogP contribution in [0, 0.1) is 11.3 Å². The zero-order valence-corrected chi connectivity index (χ0v) is 10.2. The van der Waals surface area contributed by atoms with Crippen molar-refractivity contribution in [2.45, 2.75) is 0 Å². The number of fused-ring (bicyclic) bond motifs is 1. The summed E-state index contributed by atoms with van der Waals surface area (Å²) in [7, 11) is 0. The second-order valence-corrected chi connectivity index (χ2v) is 4.30. The van der Waals surface area contributed by atoms with Crippen LogP contribution in [0.25, 0.3) is 21.9 Å². The Morgan fingerprint density at radius 1 is 1.05 bits per heavy atom. The van der Waals surface area contributed by atoms with Gasteiger partial charge in [-0.25, -0.2) is 4.98 Å². The summed E-state index contributed by atoms with van der Waals surface area (Å²) in [6.07, 6.45) is 1.71. The highest BCUT2D eigenvalue weighted by atomic mass is 14.8. The number of nitrogen functional groups attached to an aromatic ring is 1. The number of benzene rings is 2. The SMILES string of the molecule is N#Cc1cc(-c2cccc3ccccc23)cnc1N. The standard InChI is InChI=1S/C16H11N3/c17-9-12-8-13(10-19-16(12)18)15-7-3-5-11-4-1-2-6-14(11)15/h1-8,10H,(H2,18,19). The molecule has 0 aliphatic rings. The van der Waals surface area contributed by atoms with Crippen molar-refractivity contribution in [3.05, 3.63) is 60.3 Å². The normalized spacial score (nSPS) is 10.3. The van der Waals surface area contributed by atoms with E-state index in [0.717, 1.165) is 21.9 Å². The molecule has 0 saturated carbocycles. The summed E-state index contributed by atoms with van der Waals surface area (Å²) in [5.41, 5.74) is 8.03. The highest BCUT2D eigenvalue weighted by molar-refractivity contribution is 5.96. The lowest BCUT2D eigenvalue weighted by molar-refractivity contribution is 1.31. The highest BCUT2D eigenvalue weighted by Gasteiger charge is 2.06. The Hall–Kier alpha value is -2.86. The number of anilines is 1. The molecule has 0 bridgehead atoms. The van der Waals surface area contributed by atoms with E-state index < -0.39 is 0 Å². The smallest absolute Gasteiger partial charge is 0.141 e. The second-order valence-electron chi connectivity index (χ2n) is 4.30. The van der Waals surface area contributed by atoms with Gasteiger partial charge in [0.15, 0.2) is 0 Å². The molecule has 0 aliphatic carbocycles. The Bertz CT molecular complexity index is 795. The number of aromatic nitrogens is 1. The minimum Gasteiger partial charge on any atom is -0.383 e. The molecule has 2 N–H and O–H groups in total. The Balaban J connectivity index is 2.28. The molecule has 1 aromatic heterocycles. The molecular weight excluding hydrogens is 234 g/mol. The largest absolute Gasteiger partial charge is 0.383 e. The van der Waals surface area contributed by atoms with Gasteiger partial charge in [0.1, 0.15) is 11.9 Å². The number of hydrogen-bond donors (Lipinski definition) is 1. The molecule has 0 fully saturated rings. The van der Waals surface area contributed by atoms with Gasteiger partial charge in [0.05, 0.1) is 5.56 Å². The third-order valence-electron chi connectivity index (χ3n) is 3.14. The van der Waals surface area contributed by atoms with Gasteiger partial charge in [0, 0.05) is 11.8 Å². The summed E-state index contributed by atoms with van der Waals surface area (Å²) < 4.78 is 0. The van der Waals surface area contributed by atoms with Gasteiger partial charge in [-0.2, -0.15) is 5.26 Å². The van der Waals surface area contributed by atoms with Gasteiger partial charge < -0.3 is 5.73 Å². The minimum absolute atomic E-state index is 0.270. The van der Waals surface area contributed by atoms with E-state index in [0.29, 0.717) is 5.56 Å². The van der Waals surface area contributed by atoms with Crippen LogP contribution < -0.4 is 5.73 Å². The number of hydrogen-bond acceptors (Lipinski definition) is 3. The molecule has 0 aliphatic heterocycles. The van der Waals surface area contributed by atoms with Crippen LogP contribution in [0.2, 0.25) is 0 Å². The van der Waals surface area contributed by atoms with Gasteiger partial charge in [0.2, 0.25) is 0 Å². The van der Waals surface area contributed by atoms with Crippen LogP contribution in [0.15, 0.2) is 54.7 Å². The topological polar surface area (TPSA) is 62.7 Å². The summed E-state index contributed by atoms with van der Waals surface area (Å²) in [5.74, 6) is 0.270. The van der Waals surface area contributed by atoms with Crippen molar-refractivity contribution in [2.24, 2.45) is 0 Å². The molecule has 3 nitrogen and oxygen atoms in total. The quantitative estimate of drug-likeness (QED) is 0.715. The molecule has 0 amide bonds. The first-order valence-electron chi connectivity index (χ1n) is 5.93. The molecule has 0 atom stereocenters. The van der Waals surface area contributed by atoms with Crippen molar-refractivity contribution in [1.82, 2.24) is 4.98 Å². The first-order valence-corrected chi connectivity index (χ1v) is 5.93. The Labute approximate surface area is 110 Å². The maximum Gasteiger partial charge on any atom is 0.141 e. The van der Waals surface area contributed by atoms with E-state index in [4.69, 9.17) is 11.0 Å². The van der Waals surface area contributed by atoms with Crippen LogP contribution in [0.1, 0.15) is 5.56 Å². The fourth-order valence-corrected chi connectivity index (χ4v) is 2.19. The fourth-order valence-electron chi connectivity index (χ4n) is 2.19. The highest BCUT2D eigenvalue weighted by Crippen LogP contribution is 2.29. The van der Waals surface area contributed by atoms with Crippen LogP contribution in [0.5, 0.6) is 0 Å². The fraction of sp³-hybridized carbons (Fsp3) is 0. The van der Waals surface area contributed by atoms with E-state index in [1.54, 1.807) is 12.3 Å². The van der Waals surface area contributed by atoms with Crippen LogP contribution in [-0.2, 0) is 0 Å². The lowest BCUT2D eigenvalue weighted by atomic mass is 9.98. The van der Waals surface area contributed by atoms with Gasteiger partial charge in [-0.15, -0.1) is 0 Å². The maximum atomic E-state index is 9.03. The van der Waals surface area contributed by atoms with Gasteiger partial charge in [-0.1, -0.05) is 42.5 Å². The van der Waals surface area contributed by atoms with E-state index in [1.807, 2.05) is 24.3 Å². The molecule has 3 aromatic rings. The average Bonchev–Trinajstić information content (AvgIpc) is 2.47. The predicted octanol–water partition coefficient (Wildman–Crippen LogP) is 3.36. The van der Waals surface area contributed by atoms with Crippen LogP contribution in [0.3, 0.4) is 0 Å². The summed E-state index contributed by atoms with van der Waals surface area (Å²) >= 11 is 0. The maximum absolute atomic E-state index is 9.03. The summed E-state index contributed by atoms with van der Waals surface area (Å²) in [5, 5.41) is 11.3. The van der Waals surface area contributed by atoms with Gasteiger partial charge in [-0.05, 0) is 22.4 Å². The molecule has 3 heteroatoms. The van der Waals surface area contributed by atoms with E-state index >= 15 is 0 Å². The molecule has 1 heterocycles. The van der Waals surface area contributed by atoms with Crippen molar-refractivity contribution >= 4 is 16.6 Å². The van der Waals surface area contributed by atoms with Crippen molar-refractivity contribution in [1.29, 1.82) is 5.26 Å². The van der Waals surface area contributed by atoms with E-state index in [1.165, 1.54) is 0 Å². The summed E-state index contributed by atoms with van der Waals surface area (Å²) in [4.78, 5) is 4.09. The van der Waals surface area contributed by atoms with Crippen molar-refractivity contribution in [3.63, 3.8) is 0 Å². The third kappa shape index (κ3) is 1.90. The number of nitrogens with two attached hydrogens (primary N) is 1. The molecule has 90 valence electrons. The monoisotopic (exact) mass is 245 g/mol. The van der Waals surface area contributed by atoms with E-state index in [2.05, 4.69) is 29.3 Å². The summed E-state index contributed by atoms with van der Waals surface area (Å²) in [6, 6.07) is 18.1. The molecule has 3 rings (SSSR count). The number of nitrogens with zero attached hydrogens (tertiary/aromatic N) is 2. The Morgan fingerprint density at radius 2 is 1.84 bits per heavy atom. The minimum atomic E-state index is 0.270. The predicted molar refractivity (Wildman–Crippen MR) is 76.3 cm³/mol. The van der Waals surface area contributed by atoms with Crippen molar-refractivity contribution in [3.8, 4) is 17.2 Å². The second kappa shape index (κ2) is 4.43. The van der Waals surface area contributed by atoms with Gasteiger partial charge in [-0.3, -0.25) is 0 Å². The van der Waals surface area contributed by atoms with Crippen molar-refractivity contribution < 1.29 is 0 Å². The third-order valence-corrected chi connectivity index (χ3v) is 3.14. The molecule has 0 unspecified atom stereocenters. The lowest BCUT2D eigenvalue weighted by Gasteiger charge is -2.07. The number of pyridine rings is 1. The molecule has 0 spiro atoms. The molecule has 0 saturated heterocycles. The number of nitriles is 1. The molecule has 19 heavy (non-hydrogen) atoms. The van der Waals surface area contributed by atoms with Crippen molar-refractivity contribution in [2.75, 3.05) is 5.73 Å². The van der Waals surface area contributed by atoms with Crippen LogP contribution in [0.4, 0.5) is 5.82 Å². The zero-order valence-electron chi connectivity index (χ0n) is 10.2. The Kier molecular flexibility index (Phi) is 2.62. The molecule has 0 radical (unpaired) electrons. The van der Waals surface area contributed by atoms with E-state index in [-0.39, 0.29) is 5.82 Å².